The fourth-order valence-corrected chi connectivity index (χ4v) is 2.16. The number of benzene rings is 1. The van der Waals surface area contributed by atoms with Gasteiger partial charge in [0.1, 0.15) is 5.75 Å². The molecule has 0 saturated carbocycles. The Hall–Kier alpha value is 0.230. The molecule has 0 aliphatic heterocycles. The van der Waals surface area contributed by atoms with E-state index in [1.165, 1.54) is 15.6 Å². The highest BCUT2D eigenvalue weighted by atomic mass is 127. The van der Waals surface area contributed by atoms with Gasteiger partial charge in [-0.1, -0.05) is 20.3 Å². The van der Waals surface area contributed by atoms with E-state index in [9.17, 15) is 0 Å². The highest BCUT2D eigenvalue weighted by Crippen LogP contribution is 2.29. The van der Waals surface area contributed by atoms with Crippen molar-refractivity contribution in [2.45, 2.75) is 33.1 Å². The van der Waals surface area contributed by atoms with Crippen molar-refractivity contribution in [2.24, 2.45) is 0 Å². The predicted molar refractivity (Wildman–Crippen MR) is 76.6 cm³/mol. The van der Waals surface area contributed by atoms with Crippen LogP contribution in [0.15, 0.2) is 16.6 Å². The molecule has 3 heteroatoms. The third-order valence-corrected chi connectivity index (χ3v) is 4.53. The van der Waals surface area contributed by atoms with E-state index in [0.29, 0.717) is 0 Å². The maximum Gasteiger partial charge on any atom is 0.123 e. The summed E-state index contributed by atoms with van der Waals surface area (Å²) in [6, 6.07) is 4.27. The molecule has 0 aliphatic carbocycles. The first kappa shape index (κ1) is 13.3. The van der Waals surface area contributed by atoms with Crippen molar-refractivity contribution >= 4 is 38.5 Å². The lowest BCUT2D eigenvalue weighted by Crippen LogP contribution is -2.00. The predicted octanol–water partition coefficient (Wildman–Crippen LogP) is 4.80. The Morgan fingerprint density at radius 3 is 2.67 bits per heavy atom. The van der Waals surface area contributed by atoms with E-state index in [2.05, 4.69) is 64.5 Å². The molecule has 0 saturated heterocycles. The minimum absolute atomic E-state index is 0.816. The van der Waals surface area contributed by atoms with Gasteiger partial charge in [-0.3, -0.25) is 0 Å². The van der Waals surface area contributed by atoms with Crippen LogP contribution in [-0.4, -0.2) is 6.61 Å². The van der Waals surface area contributed by atoms with Crippen molar-refractivity contribution in [1.29, 1.82) is 0 Å². The minimum atomic E-state index is 0.816. The molecular formula is C12H16BrIO. The highest BCUT2D eigenvalue weighted by molar-refractivity contribution is 14.1. The summed E-state index contributed by atoms with van der Waals surface area (Å²) < 4.78 is 8.13. The number of halogens is 2. The molecule has 0 radical (unpaired) electrons. The van der Waals surface area contributed by atoms with Crippen LogP contribution in [0.4, 0.5) is 0 Å². The summed E-state index contributed by atoms with van der Waals surface area (Å²) in [6.45, 7) is 5.15. The second-order valence-electron chi connectivity index (χ2n) is 3.43. The van der Waals surface area contributed by atoms with Gasteiger partial charge >= 0.3 is 0 Å². The molecule has 0 fully saturated rings. The number of rotatable bonds is 5. The maximum atomic E-state index is 5.77. The molecule has 0 heterocycles. The standard InChI is InChI=1S/C12H16BrIO/c1-3-5-6-15-12-8-10(13)11(14)7-9(12)4-2/h7-8H,3-6H2,1-2H3. The summed E-state index contributed by atoms with van der Waals surface area (Å²) in [6.07, 6.45) is 3.31. The summed E-state index contributed by atoms with van der Waals surface area (Å²) in [4.78, 5) is 0. The average molecular weight is 383 g/mol. The monoisotopic (exact) mass is 382 g/mol. The van der Waals surface area contributed by atoms with Gasteiger partial charge in [0, 0.05) is 8.04 Å². The molecule has 0 amide bonds. The van der Waals surface area contributed by atoms with Gasteiger partial charge in [-0.25, -0.2) is 0 Å². The van der Waals surface area contributed by atoms with Crippen LogP contribution in [-0.2, 0) is 6.42 Å². The smallest absolute Gasteiger partial charge is 0.123 e. The zero-order chi connectivity index (χ0) is 11.3. The zero-order valence-electron chi connectivity index (χ0n) is 9.15. The van der Waals surface area contributed by atoms with E-state index >= 15 is 0 Å². The maximum absolute atomic E-state index is 5.77. The normalized spacial score (nSPS) is 10.4. The molecule has 0 unspecified atom stereocenters. The van der Waals surface area contributed by atoms with Crippen LogP contribution in [0.3, 0.4) is 0 Å². The number of ether oxygens (including phenoxy) is 1. The second kappa shape index (κ2) is 6.74. The van der Waals surface area contributed by atoms with Crippen LogP contribution < -0.4 is 4.74 Å². The van der Waals surface area contributed by atoms with E-state index in [0.717, 1.165) is 29.7 Å². The van der Waals surface area contributed by atoms with Gasteiger partial charge in [-0.2, -0.15) is 0 Å². The molecule has 1 aromatic carbocycles. The third kappa shape index (κ3) is 3.94. The second-order valence-corrected chi connectivity index (χ2v) is 5.45. The van der Waals surface area contributed by atoms with Crippen LogP contribution in [0.25, 0.3) is 0 Å². The van der Waals surface area contributed by atoms with E-state index in [1.54, 1.807) is 0 Å². The Labute approximate surface area is 114 Å². The quantitative estimate of drug-likeness (QED) is 0.525. The number of hydrogen-bond donors (Lipinski definition) is 0. The van der Waals surface area contributed by atoms with Crippen molar-refractivity contribution < 1.29 is 4.74 Å². The first-order valence-electron chi connectivity index (χ1n) is 5.29. The first-order valence-corrected chi connectivity index (χ1v) is 7.16. The Morgan fingerprint density at radius 2 is 2.07 bits per heavy atom. The SMILES string of the molecule is CCCCOc1cc(Br)c(I)cc1CC. The Balaban J connectivity index is 2.80. The fraction of sp³-hybridized carbons (Fsp3) is 0.500. The number of hydrogen-bond acceptors (Lipinski definition) is 1. The van der Waals surface area contributed by atoms with Gasteiger partial charge in [0.15, 0.2) is 0 Å². The molecule has 1 rings (SSSR count). The molecule has 1 nitrogen and oxygen atoms in total. The van der Waals surface area contributed by atoms with Gasteiger partial charge in [-0.15, -0.1) is 0 Å². The van der Waals surface area contributed by atoms with Gasteiger partial charge in [-0.05, 0) is 69.1 Å². The molecule has 84 valence electrons. The van der Waals surface area contributed by atoms with Gasteiger partial charge in [0.2, 0.25) is 0 Å². The largest absolute Gasteiger partial charge is 0.493 e. The molecule has 15 heavy (non-hydrogen) atoms. The summed E-state index contributed by atoms with van der Waals surface area (Å²) >= 11 is 5.86. The summed E-state index contributed by atoms with van der Waals surface area (Å²) in [5.41, 5.74) is 1.29. The number of aryl methyl sites for hydroxylation is 1. The Bertz CT molecular complexity index is 326. The lowest BCUT2D eigenvalue weighted by Gasteiger charge is -2.11. The zero-order valence-corrected chi connectivity index (χ0v) is 12.9. The lowest BCUT2D eigenvalue weighted by molar-refractivity contribution is 0.306. The molecule has 0 aliphatic rings. The average Bonchev–Trinajstić information content (AvgIpc) is 2.23. The Morgan fingerprint density at radius 1 is 1.33 bits per heavy atom. The molecular weight excluding hydrogens is 367 g/mol. The van der Waals surface area contributed by atoms with Crippen LogP contribution in [0.1, 0.15) is 32.3 Å². The van der Waals surface area contributed by atoms with Crippen LogP contribution in [0.2, 0.25) is 0 Å². The van der Waals surface area contributed by atoms with Crippen molar-refractivity contribution in [3.8, 4) is 5.75 Å². The highest BCUT2D eigenvalue weighted by Gasteiger charge is 2.06. The molecule has 0 atom stereocenters. The minimum Gasteiger partial charge on any atom is -0.493 e. The molecule has 1 aromatic rings. The van der Waals surface area contributed by atoms with Crippen LogP contribution >= 0.6 is 38.5 Å². The van der Waals surface area contributed by atoms with E-state index in [1.807, 2.05) is 0 Å². The summed E-state index contributed by atoms with van der Waals surface area (Å²) in [7, 11) is 0. The van der Waals surface area contributed by atoms with E-state index in [4.69, 9.17) is 4.74 Å². The summed E-state index contributed by atoms with van der Waals surface area (Å²) in [5, 5.41) is 0. The Kier molecular flexibility index (Phi) is 5.97. The van der Waals surface area contributed by atoms with Crippen molar-refractivity contribution in [1.82, 2.24) is 0 Å². The van der Waals surface area contributed by atoms with Crippen molar-refractivity contribution in [2.75, 3.05) is 6.61 Å². The van der Waals surface area contributed by atoms with E-state index < -0.39 is 0 Å². The van der Waals surface area contributed by atoms with Crippen LogP contribution in [0, 0.1) is 3.57 Å². The first-order chi connectivity index (χ1) is 7.19. The topological polar surface area (TPSA) is 9.23 Å². The number of unbranched alkanes of at least 4 members (excludes halogenated alkanes) is 1. The summed E-state index contributed by atoms with van der Waals surface area (Å²) in [5.74, 6) is 1.03. The van der Waals surface area contributed by atoms with Gasteiger partial charge in [0.25, 0.3) is 0 Å². The van der Waals surface area contributed by atoms with Crippen LogP contribution in [0.5, 0.6) is 5.75 Å². The third-order valence-electron chi connectivity index (χ3n) is 2.24. The van der Waals surface area contributed by atoms with E-state index in [-0.39, 0.29) is 0 Å². The lowest BCUT2D eigenvalue weighted by atomic mass is 10.1. The van der Waals surface area contributed by atoms with Crippen molar-refractivity contribution in [3.05, 3.63) is 25.7 Å². The van der Waals surface area contributed by atoms with Gasteiger partial charge in [0.05, 0.1) is 6.61 Å². The molecule has 0 bridgehead atoms. The fourth-order valence-electron chi connectivity index (χ4n) is 1.31. The van der Waals surface area contributed by atoms with Crippen molar-refractivity contribution in [3.63, 3.8) is 0 Å². The molecule has 0 spiro atoms. The van der Waals surface area contributed by atoms with Gasteiger partial charge < -0.3 is 4.74 Å². The molecule has 0 aromatic heterocycles. The molecule has 0 N–H and O–H groups in total.